The molecule has 0 saturated carbocycles. The lowest BCUT2D eigenvalue weighted by molar-refractivity contribution is 0.0819. The third-order valence-corrected chi connectivity index (χ3v) is 3.95. The maximum Gasteiger partial charge on any atom is 0.272 e. The number of aryl methyl sites for hydroxylation is 1. The Morgan fingerprint density at radius 3 is 2.64 bits per heavy atom. The van der Waals surface area contributed by atoms with E-state index in [0.717, 1.165) is 0 Å². The topological polar surface area (TPSA) is 82.3 Å². The highest BCUT2D eigenvalue weighted by Gasteiger charge is 2.13. The van der Waals surface area contributed by atoms with Gasteiger partial charge >= 0.3 is 0 Å². The Hall–Kier alpha value is -2.06. The standard InChI is InChI=1S/C14H14F2N2O3S/c1-9-2-3-10(6-13(9)22(17,19)20)12-7-11(4-5-18-12)21-8-14(15)16/h2-7,14H,8H2,1H3,(H2,17,19,20). The molecule has 5 nitrogen and oxygen atoms in total. The molecule has 0 aliphatic heterocycles. The third kappa shape index (κ3) is 3.99. The van der Waals surface area contributed by atoms with Crippen molar-refractivity contribution in [2.45, 2.75) is 18.2 Å². The highest BCUT2D eigenvalue weighted by atomic mass is 32.2. The van der Waals surface area contributed by atoms with Gasteiger partial charge in [0.2, 0.25) is 10.0 Å². The van der Waals surface area contributed by atoms with E-state index in [4.69, 9.17) is 9.88 Å². The van der Waals surface area contributed by atoms with Crippen molar-refractivity contribution in [3.63, 3.8) is 0 Å². The summed E-state index contributed by atoms with van der Waals surface area (Å²) in [7, 11) is -3.85. The van der Waals surface area contributed by atoms with E-state index >= 15 is 0 Å². The number of aromatic nitrogens is 1. The van der Waals surface area contributed by atoms with E-state index in [9.17, 15) is 17.2 Å². The SMILES string of the molecule is Cc1ccc(-c2cc(OCC(F)F)ccn2)cc1S(N)(=O)=O. The molecule has 0 aliphatic carbocycles. The van der Waals surface area contributed by atoms with Gasteiger partial charge in [-0.3, -0.25) is 4.98 Å². The molecule has 22 heavy (non-hydrogen) atoms. The predicted octanol–water partition coefficient (Wildman–Crippen LogP) is 2.35. The third-order valence-electron chi connectivity index (χ3n) is 2.90. The van der Waals surface area contributed by atoms with Crippen LogP contribution in [0.5, 0.6) is 5.75 Å². The second-order valence-corrected chi connectivity index (χ2v) is 6.13. The Morgan fingerprint density at radius 1 is 1.27 bits per heavy atom. The largest absolute Gasteiger partial charge is 0.488 e. The van der Waals surface area contributed by atoms with Gasteiger partial charge in [0.1, 0.15) is 12.4 Å². The molecular formula is C14H14F2N2O3S. The first kappa shape index (κ1) is 16.3. The number of hydrogen-bond donors (Lipinski definition) is 1. The van der Waals surface area contributed by atoms with E-state index in [0.29, 0.717) is 16.8 Å². The van der Waals surface area contributed by atoms with Crippen molar-refractivity contribution < 1.29 is 21.9 Å². The molecule has 0 amide bonds. The van der Waals surface area contributed by atoms with Crippen molar-refractivity contribution in [1.29, 1.82) is 0 Å². The van der Waals surface area contributed by atoms with E-state index < -0.39 is 23.1 Å². The summed E-state index contributed by atoms with van der Waals surface area (Å²) in [6.07, 6.45) is -1.18. The fourth-order valence-corrected chi connectivity index (χ4v) is 2.69. The first-order chi connectivity index (χ1) is 10.3. The van der Waals surface area contributed by atoms with Crippen LogP contribution in [0.2, 0.25) is 0 Å². The molecule has 0 saturated heterocycles. The molecule has 8 heteroatoms. The summed E-state index contributed by atoms with van der Waals surface area (Å²) in [5.41, 5.74) is 1.41. The Morgan fingerprint density at radius 2 is 2.00 bits per heavy atom. The fraction of sp³-hybridized carbons (Fsp3) is 0.214. The highest BCUT2D eigenvalue weighted by molar-refractivity contribution is 7.89. The van der Waals surface area contributed by atoms with Gasteiger partial charge in [0.05, 0.1) is 10.6 Å². The van der Waals surface area contributed by atoms with Crippen LogP contribution in [0.25, 0.3) is 11.3 Å². The minimum Gasteiger partial charge on any atom is -0.488 e. The lowest BCUT2D eigenvalue weighted by Crippen LogP contribution is -2.13. The summed E-state index contributed by atoms with van der Waals surface area (Å²) in [5, 5.41) is 5.16. The van der Waals surface area contributed by atoms with Gasteiger partial charge < -0.3 is 4.74 Å². The van der Waals surface area contributed by atoms with Crippen LogP contribution in [0.3, 0.4) is 0 Å². The quantitative estimate of drug-likeness (QED) is 0.913. The van der Waals surface area contributed by atoms with Crippen LogP contribution in [0.1, 0.15) is 5.56 Å². The summed E-state index contributed by atoms with van der Waals surface area (Å²) in [5.74, 6) is 0.225. The lowest BCUT2D eigenvalue weighted by Gasteiger charge is -2.09. The number of alkyl halides is 2. The van der Waals surface area contributed by atoms with Crippen molar-refractivity contribution in [3.05, 3.63) is 42.1 Å². The number of nitrogens with zero attached hydrogens (tertiary/aromatic N) is 1. The van der Waals surface area contributed by atoms with Crippen molar-refractivity contribution >= 4 is 10.0 Å². The van der Waals surface area contributed by atoms with Crippen molar-refractivity contribution in [2.75, 3.05) is 6.61 Å². The van der Waals surface area contributed by atoms with Gasteiger partial charge in [-0.05, 0) is 24.6 Å². The molecule has 0 aliphatic rings. The van der Waals surface area contributed by atoms with Crippen LogP contribution in [-0.4, -0.2) is 26.4 Å². The number of hydrogen-bond acceptors (Lipinski definition) is 4. The number of ether oxygens (including phenoxy) is 1. The fourth-order valence-electron chi connectivity index (χ4n) is 1.88. The number of nitrogens with two attached hydrogens (primary N) is 1. The van der Waals surface area contributed by atoms with Gasteiger partial charge in [-0.25, -0.2) is 22.3 Å². The maximum atomic E-state index is 12.2. The van der Waals surface area contributed by atoms with Crippen molar-refractivity contribution in [2.24, 2.45) is 5.14 Å². The van der Waals surface area contributed by atoms with Gasteiger partial charge in [0.15, 0.2) is 0 Å². The number of sulfonamides is 1. The van der Waals surface area contributed by atoms with Crippen LogP contribution in [0, 0.1) is 6.92 Å². The molecule has 0 atom stereocenters. The maximum absolute atomic E-state index is 12.2. The highest BCUT2D eigenvalue weighted by Crippen LogP contribution is 2.25. The van der Waals surface area contributed by atoms with Crippen LogP contribution < -0.4 is 9.88 Å². The molecule has 2 rings (SSSR count). The smallest absolute Gasteiger partial charge is 0.272 e. The normalized spacial score (nSPS) is 11.7. The van der Waals surface area contributed by atoms with Gasteiger partial charge in [-0.1, -0.05) is 12.1 Å². The molecule has 0 bridgehead atoms. The summed E-state index contributed by atoms with van der Waals surface area (Å²) < 4.78 is 52.3. The second kappa shape index (κ2) is 6.37. The van der Waals surface area contributed by atoms with E-state index in [2.05, 4.69) is 4.98 Å². The van der Waals surface area contributed by atoms with E-state index in [1.165, 1.54) is 24.4 Å². The van der Waals surface area contributed by atoms with Crippen LogP contribution >= 0.6 is 0 Å². The lowest BCUT2D eigenvalue weighted by atomic mass is 10.1. The van der Waals surface area contributed by atoms with E-state index in [1.807, 2.05) is 0 Å². The average Bonchev–Trinajstić information content (AvgIpc) is 2.44. The molecular weight excluding hydrogens is 314 g/mol. The van der Waals surface area contributed by atoms with Crippen LogP contribution in [-0.2, 0) is 10.0 Å². The zero-order valence-electron chi connectivity index (χ0n) is 11.7. The first-order valence-corrected chi connectivity index (χ1v) is 7.83. The number of halogens is 2. The van der Waals surface area contributed by atoms with Crippen molar-refractivity contribution in [1.82, 2.24) is 4.98 Å². The molecule has 2 aromatic rings. The Balaban J connectivity index is 2.38. The Bertz CT molecular complexity index is 779. The molecule has 2 N–H and O–H groups in total. The Labute approximate surface area is 126 Å². The van der Waals surface area contributed by atoms with Crippen LogP contribution in [0.4, 0.5) is 8.78 Å². The molecule has 1 heterocycles. The Kier molecular flexibility index (Phi) is 4.72. The molecule has 0 spiro atoms. The number of pyridine rings is 1. The zero-order valence-corrected chi connectivity index (χ0v) is 12.5. The van der Waals surface area contributed by atoms with Gasteiger partial charge in [0.25, 0.3) is 6.43 Å². The second-order valence-electron chi connectivity index (χ2n) is 4.60. The first-order valence-electron chi connectivity index (χ1n) is 6.28. The monoisotopic (exact) mass is 328 g/mol. The minimum atomic E-state index is -3.85. The summed E-state index contributed by atoms with van der Waals surface area (Å²) >= 11 is 0. The van der Waals surface area contributed by atoms with Crippen molar-refractivity contribution in [3.8, 4) is 17.0 Å². The molecule has 1 aromatic heterocycles. The molecule has 0 unspecified atom stereocenters. The predicted molar refractivity (Wildman–Crippen MR) is 77.3 cm³/mol. The van der Waals surface area contributed by atoms with E-state index in [-0.39, 0.29) is 10.6 Å². The molecule has 118 valence electrons. The molecule has 1 aromatic carbocycles. The zero-order chi connectivity index (χ0) is 16.3. The molecule has 0 fully saturated rings. The van der Waals surface area contributed by atoms with Gasteiger partial charge in [0, 0.05) is 17.8 Å². The van der Waals surface area contributed by atoms with E-state index in [1.54, 1.807) is 19.1 Å². The molecule has 0 radical (unpaired) electrons. The minimum absolute atomic E-state index is 0.00861. The number of rotatable bonds is 5. The van der Waals surface area contributed by atoms with Gasteiger partial charge in [-0.15, -0.1) is 0 Å². The number of benzene rings is 1. The average molecular weight is 328 g/mol. The summed E-state index contributed by atoms with van der Waals surface area (Å²) in [4.78, 5) is 4.08. The van der Waals surface area contributed by atoms with Gasteiger partial charge in [-0.2, -0.15) is 0 Å². The number of primary sulfonamides is 1. The summed E-state index contributed by atoms with van der Waals surface area (Å²) in [6, 6.07) is 7.57. The summed E-state index contributed by atoms with van der Waals surface area (Å²) in [6.45, 7) is 0.902. The van der Waals surface area contributed by atoms with Crippen LogP contribution in [0.15, 0.2) is 41.4 Å².